The highest BCUT2D eigenvalue weighted by atomic mass is 32.2. The van der Waals surface area contributed by atoms with Gasteiger partial charge < -0.3 is 4.42 Å². The number of carbonyl (C=O) groups is 1. The van der Waals surface area contributed by atoms with Crippen molar-refractivity contribution in [1.82, 2.24) is 4.90 Å². The second-order valence-electron chi connectivity index (χ2n) is 5.65. The number of furan rings is 1. The van der Waals surface area contributed by atoms with Crippen LogP contribution in [0.3, 0.4) is 0 Å². The zero-order valence-corrected chi connectivity index (χ0v) is 14.1. The summed E-state index contributed by atoms with van der Waals surface area (Å²) in [5, 5.41) is 1.50. The fourth-order valence-electron chi connectivity index (χ4n) is 2.72. The molecule has 0 fully saturated rings. The largest absolute Gasteiger partial charge is 0.451 e. The predicted octanol–water partition coefficient (Wildman–Crippen LogP) is 4.32. The maximum atomic E-state index is 13.8. The van der Waals surface area contributed by atoms with Gasteiger partial charge in [0.05, 0.1) is 6.54 Å². The van der Waals surface area contributed by atoms with Crippen molar-refractivity contribution in [2.45, 2.75) is 5.75 Å². The Morgan fingerprint density at radius 3 is 2.84 bits per heavy atom. The van der Waals surface area contributed by atoms with Crippen molar-refractivity contribution in [3.05, 3.63) is 71.7 Å². The summed E-state index contributed by atoms with van der Waals surface area (Å²) in [4.78, 5) is 18.8. The Morgan fingerprint density at radius 1 is 1.20 bits per heavy atom. The van der Waals surface area contributed by atoms with Gasteiger partial charge in [0.15, 0.2) is 10.9 Å². The number of rotatable bonds is 3. The Balaban J connectivity index is 1.50. The van der Waals surface area contributed by atoms with Gasteiger partial charge in [-0.05, 0) is 23.8 Å². The SMILES string of the molecule is O=C(c1cc2ccccc2o1)N1CCN=C1SCc1ccccc1F. The molecule has 1 aliphatic rings. The number of aliphatic imine (C=N–C) groups is 1. The first-order valence-electron chi connectivity index (χ1n) is 7.93. The molecular weight excluding hydrogens is 339 g/mol. The average molecular weight is 354 g/mol. The third-order valence-electron chi connectivity index (χ3n) is 4.00. The summed E-state index contributed by atoms with van der Waals surface area (Å²) in [5.41, 5.74) is 1.28. The predicted molar refractivity (Wildman–Crippen MR) is 97.2 cm³/mol. The van der Waals surface area contributed by atoms with Gasteiger partial charge >= 0.3 is 0 Å². The van der Waals surface area contributed by atoms with Gasteiger partial charge in [0, 0.05) is 17.7 Å². The van der Waals surface area contributed by atoms with Gasteiger partial charge in [-0.15, -0.1) is 0 Å². The van der Waals surface area contributed by atoms with Crippen molar-refractivity contribution in [2.75, 3.05) is 13.1 Å². The lowest BCUT2D eigenvalue weighted by Crippen LogP contribution is -2.32. The van der Waals surface area contributed by atoms with Gasteiger partial charge in [0.2, 0.25) is 0 Å². The van der Waals surface area contributed by atoms with Gasteiger partial charge in [-0.1, -0.05) is 48.2 Å². The third-order valence-corrected chi connectivity index (χ3v) is 5.06. The van der Waals surface area contributed by atoms with Crippen LogP contribution in [-0.4, -0.2) is 29.1 Å². The molecule has 0 spiro atoms. The molecule has 1 aromatic heterocycles. The Labute approximate surface area is 148 Å². The molecule has 0 saturated carbocycles. The van der Waals surface area contributed by atoms with Gasteiger partial charge in [-0.3, -0.25) is 14.7 Å². The molecule has 0 radical (unpaired) electrons. The summed E-state index contributed by atoms with van der Waals surface area (Å²) >= 11 is 1.36. The molecule has 0 unspecified atom stereocenters. The molecule has 2 heterocycles. The van der Waals surface area contributed by atoms with Crippen LogP contribution < -0.4 is 0 Å². The van der Waals surface area contributed by atoms with E-state index in [0.717, 1.165) is 5.39 Å². The number of hydrogen-bond donors (Lipinski definition) is 0. The van der Waals surface area contributed by atoms with Crippen molar-refractivity contribution in [2.24, 2.45) is 4.99 Å². The number of nitrogens with zero attached hydrogens (tertiary/aromatic N) is 2. The number of halogens is 1. The molecule has 0 aliphatic carbocycles. The number of fused-ring (bicyclic) bond motifs is 1. The summed E-state index contributed by atoms with van der Waals surface area (Å²) in [6.07, 6.45) is 0. The minimum Gasteiger partial charge on any atom is -0.451 e. The zero-order valence-electron chi connectivity index (χ0n) is 13.3. The van der Waals surface area contributed by atoms with E-state index in [1.54, 1.807) is 29.2 Å². The summed E-state index contributed by atoms with van der Waals surface area (Å²) in [6, 6.07) is 15.9. The van der Waals surface area contributed by atoms with Crippen molar-refractivity contribution >= 4 is 33.8 Å². The second-order valence-corrected chi connectivity index (χ2v) is 6.59. The Morgan fingerprint density at radius 2 is 2.00 bits per heavy atom. The molecule has 3 aromatic rings. The summed E-state index contributed by atoms with van der Waals surface area (Å²) < 4.78 is 19.4. The molecule has 126 valence electrons. The minimum absolute atomic E-state index is 0.214. The van der Waals surface area contributed by atoms with Crippen LogP contribution in [-0.2, 0) is 5.75 Å². The van der Waals surface area contributed by atoms with E-state index in [1.165, 1.54) is 17.8 Å². The van der Waals surface area contributed by atoms with E-state index < -0.39 is 0 Å². The molecule has 0 bridgehead atoms. The lowest BCUT2D eigenvalue weighted by atomic mass is 10.2. The lowest BCUT2D eigenvalue weighted by molar-refractivity contribution is 0.0833. The lowest BCUT2D eigenvalue weighted by Gasteiger charge is -2.16. The highest BCUT2D eigenvalue weighted by Gasteiger charge is 2.27. The molecule has 6 heteroatoms. The smallest absolute Gasteiger partial charge is 0.295 e. The maximum absolute atomic E-state index is 13.8. The third kappa shape index (κ3) is 3.17. The monoisotopic (exact) mass is 354 g/mol. The van der Waals surface area contributed by atoms with Crippen molar-refractivity contribution < 1.29 is 13.6 Å². The van der Waals surface area contributed by atoms with Gasteiger partial charge in [-0.25, -0.2) is 4.39 Å². The van der Waals surface area contributed by atoms with Crippen molar-refractivity contribution in [1.29, 1.82) is 0 Å². The molecule has 25 heavy (non-hydrogen) atoms. The average Bonchev–Trinajstić information content (AvgIpc) is 3.27. The zero-order chi connectivity index (χ0) is 17.2. The fraction of sp³-hybridized carbons (Fsp3) is 0.158. The Hall–Kier alpha value is -2.60. The number of para-hydroxylation sites is 1. The van der Waals surface area contributed by atoms with E-state index in [9.17, 15) is 9.18 Å². The van der Waals surface area contributed by atoms with Crippen LogP contribution in [0.25, 0.3) is 11.0 Å². The number of hydrogen-bond acceptors (Lipinski definition) is 4. The molecule has 0 atom stereocenters. The minimum atomic E-state index is -0.247. The first-order valence-corrected chi connectivity index (χ1v) is 8.92. The van der Waals surface area contributed by atoms with Crippen LogP contribution >= 0.6 is 11.8 Å². The van der Waals surface area contributed by atoms with Gasteiger partial charge in [-0.2, -0.15) is 0 Å². The quantitative estimate of drug-likeness (QED) is 0.704. The Bertz CT molecular complexity index is 934. The van der Waals surface area contributed by atoms with E-state index in [1.807, 2.05) is 24.3 Å². The molecular formula is C19H15FN2O2S. The molecule has 1 aliphatic heterocycles. The van der Waals surface area contributed by atoms with E-state index in [2.05, 4.69) is 4.99 Å². The molecule has 4 nitrogen and oxygen atoms in total. The van der Waals surface area contributed by atoms with Gasteiger partial charge in [0.25, 0.3) is 5.91 Å². The molecule has 2 aromatic carbocycles. The van der Waals surface area contributed by atoms with E-state index in [4.69, 9.17) is 4.42 Å². The van der Waals surface area contributed by atoms with Crippen molar-refractivity contribution in [3.63, 3.8) is 0 Å². The fourth-order valence-corrected chi connectivity index (χ4v) is 3.75. The van der Waals surface area contributed by atoms with Crippen LogP contribution in [0.15, 0.2) is 64.0 Å². The highest BCUT2D eigenvalue weighted by molar-refractivity contribution is 8.13. The normalized spacial score (nSPS) is 14.1. The molecule has 0 N–H and O–H groups in total. The topological polar surface area (TPSA) is 45.8 Å². The Kier molecular flexibility index (Phi) is 4.28. The van der Waals surface area contributed by atoms with Crippen LogP contribution in [0.1, 0.15) is 16.1 Å². The first-order chi connectivity index (χ1) is 12.2. The number of benzene rings is 2. The molecule has 0 saturated heterocycles. The number of thioether (sulfide) groups is 1. The van der Waals surface area contributed by atoms with Gasteiger partial charge in [0.1, 0.15) is 11.4 Å². The summed E-state index contributed by atoms with van der Waals surface area (Å²) in [6.45, 7) is 1.06. The second kappa shape index (κ2) is 6.72. The van der Waals surface area contributed by atoms with Crippen LogP contribution in [0.2, 0.25) is 0 Å². The number of amidine groups is 1. The van der Waals surface area contributed by atoms with E-state index in [0.29, 0.717) is 40.9 Å². The maximum Gasteiger partial charge on any atom is 0.295 e. The standard InChI is InChI=1S/C19H15FN2O2S/c20-15-7-3-1-6-14(15)12-25-19-21-9-10-22(19)18(23)17-11-13-5-2-4-8-16(13)24-17/h1-8,11H,9-10,12H2. The van der Waals surface area contributed by atoms with Crippen molar-refractivity contribution in [3.8, 4) is 0 Å². The van der Waals surface area contributed by atoms with Crippen LogP contribution in [0.4, 0.5) is 4.39 Å². The molecule has 1 amide bonds. The first kappa shape index (κ1) is 15.9. The summed E-state index contributed by atoms with van der Waals surface area (Å²) in [7, 11) is 0. The van der Waals surface area contributed by atoms with Crippen LogP contribution in [0.5, 0.6) is 0 Å². The summed E-state index contributed by atoms with van der Waals surface area (Å²) in [5.74, 6) is 0.259. The number of amides is 1. The van der Waals surface area contributed by atoms with E-state index in [-0.39, 0.29) is 11.7 Å². The van der Waals surface area contributed by atoms with Crippen LogP contribution in [0, 0.1) is 5.82 Å². The number of carbonyl (C=O) groups excluding carboxylic acids is 1. The van der Waals surface area contributed by atoms with E-state index >= 15 is 0 Å². The molecule has 4 rings (SSSR count). The highest BCUT2D eigenvalue weighted by Crippen LogP contribution is 2.25.